The molecule has 75 heavy (non-hydrogen) atoms. The van der Waals surface area contributed by atoms with E-state index in [9.17, 15) is 27.2 Å². The Labute approximate surface area is 442 Å². The standard InChI is InChI=1S/C31H31F2N3O.C30H30F2N4O.ClH/c1-3-21-7-5-10-25(17-21)36-28(15-20(2)35-36)29(37)18-23-8-4-9-24(16-23)31(34-19-22-13-14-22)30-26(32)11-6-12-27(30)33;1-19-13-27(36(35-19)24-8-3-6-22(15-24)17-33)28(37)16-21-5-2-7-23(14-21)30(34-18-20-11-12-20)29-25(31)9-4-10-26(29)32;/h4-12,15-17,22,31,34H,3,13-14,18-19H2,1-2H3;2-10,13-15,20,30,34H,11-12,16-18,33H2,1H3;1H. The number of nitrogens with two attached hydrogens (primary N) is 1. The molecule has 2 aliphatic rings. The van der Waals surface area contributed by atoms with Gasteiger partial charge in [-0.2, -0.15) is 10.2 Å². The maximum atomic E-state index is 14.8. The molecule has 388 valence electrons. The average molecular weight is 1040 g/mol. The van der Waals surface area contributed by atoms with Gasteiger partial charge in [0, 0.05) is 30.5 Å². The highest BCUT2D eigenvalue weighted by molar-refractivity contribution is 5.97. The predicted octanol–water partition coefficient (Wildman–Crippen LogP) is 12.4. The Kier molecular flexibility index (Phi) is 17.8. The number of aryl methyl sites for hydroxylation is 3. The second kappa shape index (κ2) is 24.5. The fourth-order valence-electron chi connectivity index (χ4n) is 9.39. The third-order valence-corrected chi connectivity index (χ3v) is 13.7. The van der Waals surface area contributed by atoms with Gasteiger partial charge in [-0.05, 0) is 165 Å². The average Bonchev–Trinajstić information content (AvgIpc) is 4.34. The zero-order valence-corrected chi connectivity index (χ0v) is 43.2. The van der Waals surface area contributed by atoms with Crippen molar-refractivity contribution in [2.75, 3.05) is 13.1 Å². The maximum absolute atomic E-state index is 14.8. The fraction of sp³-hybridized carbons (Fsp3) is 0.279. The highest BCUT2D eigenvalue weighted by Crippen LogP contribution is 2.34. The Hall–Kier alpha value is -7.03. The summed E-state index contributed by atoms with van der Waals surface area (Å²) in [7, 11) is 0. The van der Waals surface area contributed by atoms with Crippen molar-refractivity contribution in [2.45, 2.75) is 84.3 Å². The third kappa shape index (κ3) is 13.5. The van der Waals surface area contributed by atoms with Gasteiger partial charge in [0.15, 0.2) is 11.6 Å². The maximum Gasteiger partial charge on any atom is 0.185 e. The summed E-state index contributed by atoms with van der Waals surface area (Å²) in [6.07, 6.45) is 5.67. The summed E-state index contributed by atoms with van der Waals surface area (Å²) < 4.78 is 62.4. The van der Waals surface area contributed by atoms with E-state index < -0.39 is 35.4 Å². The van der Waals surface area contributed by atoms with E-state index in [1.165, 1.54) is 42.0 Å². The van der Waals surface area contributed by atoms with Crippen molar-refractivity contribution < 1.29 is 27.2 Å². The van der Waals surface area contributed by atoms with Gasteiger partial charge in [-0.1, -0.05) is 91.9 Å². The molecule has 2 unspecified atom stereocenters. The lowest BCUT2D eigenvalue weighted by Crippen LogP contribution is -2.26. The number of Topliss-reactive ketones (excluding diaryl/α,β-unsaturated/α-hetero) is 2. The van der Waals surface area contributed by atoms with Gasteiger partial charge in [-0.15, -0.1) is 12.4 Å². The van der Waals surface area contributed by atoms with Crippen molar-refractivity contribution in [1.29, 1.82) is 0 Å². The second-order valence-corrected chi connectivity index (χ2v) is 19.6. The number of rotatable bonds is 20. The third-order valence-electron chi connectivity index (χ3n) is 13.7. The van der Waals surface area contributed by atoms with Crippen molar-refractivity contribution in [3.05, 3.63) is 236 Å². The number of hydrogen-bond donors (Lipinski definition) is 3. The summed E-state index contributed by atoms with van der Waals surface area (Å²) in [5.41, 5.74) is 15.0. The van der Waals surface area contributed by atoms with E-state index in [0.717, 1.165) is 82.7 Å². The quantitative estimate of drug-likeness (QED) is 0.0514. The molecule has 2 heterocycles. The Morgan fingerprint density at radius 1 is 0.547 bits per heavy atom. The van der Waals surface area contributed by atoms with Crippen molar-refractivity contribution >= 4 is 24.0 Å². The smallest absolute Gasteiger partial charge is 0.185 e. The van der Waals surface area contributed by atoms with Crippen LogP contribution in [0, 0.1) is 49.0 Å². The van der Waals surface area contributed by atoms with Crippen LogP contribution in [0.15, 0.2) is 146 Å². The van der Waals surface area contributed by atoms with Gasteiger partial charge in [0.05, 0.1) is 34.8 Å². The topological polar surface area (TPSA) is 120 Å². The fourth-order valence-corrected chi connectivity index (χ4v) is 9.39. The van der Waals surface area contributed by atoms with Gasteiger partial charge in [0.25, 0.3) is 0 Å². The number of carbonyl (C=O) groups is 2. The normalized spacial score (nSPS) is 13.9. The van der Waals surface area contributed by atoms with Gasteiger partial charge in [-0.25, -0.2) is 26.9 Å². The number of halogens is 5. The predicted molar refractivity (Wildman–Crippen MR) is 288 cm³/mol. The largest absolute Gasteiger partial charge is 0.326 e. The minimum Gasteiger partial charge on any atom is -0.326 e. The number of nitrogens with zero attached hydrogens (tertiary/aromatic N) is 4. The van der Waals surface area contributed by atoms with Crippen LogP contribution in [0.1, 0.15) is 122 Å². The minimum atomic E-state index is -0.649. The molecule has 2 saturated carbocycles. The van der Waals surface area contributed by atoms with Crippen LogP contribution in [0.5, 0.6) is 0 Å². The van der Waals surface area contributed by atoms with Gasteiger partial charge in [0.2, 0.25) is 0 Å². The molecular weight excluding hydrogens is 974 g/mol. The van der Waals surface area contributed by atoms with E-state index in [4.69, 9.17) is 5.73 Å². The van der Waals surface area contributed by atoms with Gasteiger partial charge < -0.3 is 16.4 Å². The van der Waals surface area contributed by atoms with Crippen LogP contribution in [0.2, 0.25) is 0 Å². The van der Waals surface area contributed by atoms with Gasteiger partial charge >= 0.3 is 0 Å². The summed E-state index contributed by atoms with van der Waals surface area (Å²) >= 11 is 0. The van der Waals surface area contributed by atoms with Crippen LogP contribution in [-0.2, 0) is 25.8 Å². The molecule has 2 fully saturated rings. The Morgan fingerprint density at radius 3 is 1.32 bits per heavy atom. The van der Waals surface area contributed by atoms with Gasteiger partial charge in [0.1, 0.15) is 34.7 Å². The zero-order chi connectivity index (χ0) is 51.9. The molecule has 8 aromatic rings. The van der Waals surface area contributed by atoms with Crippen molar-refractivity contribution in [1.82, 2.24) is 30.2 Å². The first-order chi connectivity index (χ1) is 35.8. The second-order valence-electron chi connectivity index (χ2n) is 19.6. The molecule has 2 aliphatic carbocycles. The van der Waals surface area contributed by atoms with Crippen molar-refractivity contribution in [3.8, 4) is 11.4 Å². The SMILES string of the molecule is CCc1cccc(-n2nc(C)cc2C(=O)Cc2cccc(C(NCC3CC3)c3c(F)cccc3F)c2)c1.Cc1cc(C(=O)Cc2cccc(C(NCC3CC3)c3c(F)cccc3F)c2)n(-c2cccc(CN)c2)n1.Cl. The Balaban J connectivity index is 0.000000197. The molecule has 0 radical (unpaired) electrons. The Bertz CT molecular complexity index is 3030. The lowest BCUT2D eigenvalue weighted by Gasteiger charge is -2.21. The van der Waals surface area contributed by atoms with E-state index >= 15 is 0 Å². The monoisotopic (exact) mass is 1040 g/mol. The molecule has 0 aliphatic heterocycles. The molecule has 0 spiro atoms. The first-order valence-electron chi connectivity index (χ1n) is 25.5. The highest BCUT2D eigenvalue weighted by Gasteiger charge is 2.29. The van der Waals surface area contributed by atoms with Crippen molar-refractivity contribution in [2.24, 2.45) is 17.6 Å². The van der Waals surface area contributed by atoms with E-state index in [-0.39, 0.29) is 47.9 Å². The van der Waals surface area contributed by atoms with E-state index in [1.807, 2.05) is 105 Å². The molecular formula is C61H62ClF4N7O2. The highest BCUT2D eigenvalue weighted by atomic mass is 35.5. The van der Waals surface area contributed by atoms with Crippen LogP contribution >= 0.6 is 12.4 Å². The van der Waals surface area contributed by atoms with Crippen LogP contribution in [0.25, 0.3) is 11.4 Å². The first kappa shape index (κ1) is 54.2. The van der Waals surface area contributed by atoms with Crippen LogP contribution in [-0.4, -0.2) is 44.2 Å². The number of hydrogen-bond acceptors (Lipinski definition) is 7. The molecule has 2 atom stereocenters. The summed E-state index contributed by atoms with van der Waals surface area (Å²) in [5, 5.41) is 15.8. The summed E-state index contributed by atoms with van der Waals surface area (Å²) in [6.45, 7) is 7.57. The summed E-state index contributed by atoms with van der Waals surface area (Å²) in [4.78, 5) is 26.9. The number of benzene rings is 6. The molecule has 4 N–H and O–H groups in total. The number of nitrogens with one attached hydrogen (secondary N) is 2. The van der Waals surface area contributed by atoms with Gasteiger partial charge in [-0.3, -0.25) is 9.59 Å². The van der Waals surface area contributed by atoms with Crippen LogP contribution < -0.4 is 16.4 Å². The molecule has 6 aromatic carbocycles. The van der Waals surface area contributed by atoms with Crippen LogP contribution in [0.3, 0.4) is 0 Å². The Morgan fingerprint density at radius 2 is 0.920 bits per heavy atom. The van der Waals surface area contributed by atoms with E-state index in [1.54, 1.807) is 21.5 Å². The van der Waals surface area contributed by atoms with E-state index in [0.29, 0.717) is 42.9 Å². The molecule has 14 heteroatoms. The zero-order valence-electron chi connectivity index (χ0n) is 42.3. The number of aromatic nitrogens is 4. The number of carbonyl (C=O) groups excluding carboxylic acids is 2. The lowest BCUT2D eigenvalue weighted by molar-refractivity contribution is 0.0977. The molecule has 2 aromatic heterocycles. The number of ketones is 2. The lowest BCUT2D eigenvalue weighted by atomic mass is 9.94. The molecule has 9 nitrogen and oxygen atoms in total. The van der Waals surface area contributed by atoms with Crippen LogP contribution in [0.4, 0.5) is 17.6 Å². The minimum absolute atomic E-state index is 0. The van der Waals surface area contributed by atoms with Crippen molar-refractivity contribution in [3.63, 3.8) is 0 Å². The molecule has 10 rings (SSSR count). The first-order valence-corrected chi connectivity index (χ1v) is 25.5. The molecule has 0 bridgehead atoms. The summed E-state index contributed by atoms with van der Waals surface area (Å²) in [5.74, 6) is -1.44. The summed E-state index contributed by atoms with van der Waals surface area (Å²) in [6, 6.07) is 40.7. The van der Waals surface area contributed by atoms with E-state index in [2.05, 4.69) is 33.8 Å². The molecule has 0 saturated heterocycles. The molecule has 0 amide bonds.